The molecule has 0 radical (unpaired) electrons. The van der Waals surface area contributed by atoms with Crippen LogP contribution in [0, 0.1) is 5.92 Å². The summed E-state index contributed by atoms with van der Waals surface area (Å²) in [5, 5.41) is 0. The Labute approximate surface area is 69.8 Å². The van der Waals surface area contributed by atoms with Gasteiger partial charge in [-0.15, -0.1) is 12.4 Å². The average Bonchev–Trinajstić information content (AvgIpc) is 2.37. The summed E-state index contributed by atoms with van der Waals surface area (Å²) in [5.41, 5.74) is 5.88. The number of rotatable bonds is 2. The normalized spacial score (nSPS) is 22.2. The Balaban J connectivity index is 0.000000810. The van der Waals surface area contributed by atoms with Crippen LogP contribution in [0.2, 0.25) is 0 Å². The van der Waals surface area contributed by atoms with E-state index in [1.165, 1.54) is 25.7 Å². The highest BCUT2D eigenvalue weighted by Crippen LogP contribution is 2.27. The molecule has 1 saturated carbocycles. The largest absolute Gasteiger partial charge is 0.327 e. The summed E-state index contributed by atoms with van der Waals surface area (Å²) in [7, 11) is 0. The van der Waals surface area contributed by atoms with E-state index in [1.54, 1.807) is 0 Å². The van der Waals surface area contributed by atoms with E-state index in [4.69, 9.17) is 5.73 Å². The molecule has 1 rings (SSSR count). The van der Waals surface area contributed by atoms with Crippen LogP contribution in [-0.4, -0.2) is 6.04 Å². The molecule has 62 valence electrons. The molecule has 0 aromatic heterocycles. The number of halogens is 1. The average molecular weight is 164 g/mol. The molecule has 1 fully saturated rings. The minimum absolute atomic E-state index is 0. The summed E-state index contributed by atoms with van der Waals surface area (Å²) < 4.78 is 0. The van der Waals surface area contributed by atoms with Crippen molar-refractivity contribution in [1.29, 1.82) is 0 Å². The molecule has 1 aliphatic rings. The summed E-state index contributed by atoms with van der Waals surface area (Å²) in [6.07, 6.45) is 6.76. The minimum atomic E-state index is 0. The van der Waals surface area contributed by atoms with Crippen LogP contribution >= 0.6 is 12.4 Å². The van der Waals surface area contributed by atoms with E-state index < -0.39 is 0 Å². The third-order valence-electron chi connectivity index (χ3n) is 2.48. The summed E-state index contributed by atoms with van der Waals surface area (Å²) in [6.45, 7) is 2.18. The van der Waals surface area contributed by atoms with Crippen LogP contribution in [0.4, 0.5) is 0 Å². The minimum Gasteiger partial charge on any atom is -0.327 e. The van der Waals surface area contributed by atoms with Crippen LogP contribution in [0.3, 0.4) is 0 Å². The topological polar surface area (TPSA) is 26.0 Å². The maximum atomic E-state index is 5.88. The van der Waals surface area contributed by atoms with E-state index in [0.717, 1.165) is 12.3 Å². The number of nitrogens with two attached hydrogens (primary N) is 1. The van der Waals surface area contributed by atoms with Crippen molar-refractivity contribution in [2.24, 2.45) is 11.7 Å². The molecule has 10 heavy (non-hydrogen) atoms. The van der Waals surface area contributed by atoms with Crippen LogP contribution in [0.5, 0.6) is 0 Å². The van der Waals surface area contributed by atoms with Crippen molar-refractivity contribution in [3.8, 4) is 0 Å². The molecule has 2 heteroatoms. The first kappa shape index (κ1) is 10.2. The fourth-order valence-electron chi connectivity index (χ4n) is 1.72. The van der Waals surface area contributed by atoms with E-state index in [9.17, 15) is 0 Å². The van der Waals surface area contributed by atoms with E-state index >= 15 is 0 Å². The van der Waals surface area contributed by atoms with Gasteiger partial charge in [-0.2, -0.15) is 0 Å². The van der Waals surface area contributed by atoms with Gasteiger partial charge in [-0.3, -0.25) is 0 Å². The van der Waals surface area contributed by atoms with Crippen molar-refractivity contribution in [2.45, 2.75) is 45.1 Å². The molecule has 0 heterocycles. The van der Waals surface area contributed by atoms with Crippen LogP contribution in [0.1, 0.15) is 39.0 Å². The summed E-state index contributed by atoms with van der Waals surface area (Å²) in [6, 6.07) is 0.493. The molecule has 0 bridgehead atoms. The quantitative estimate of drug-likeness (QED) is 0.665. The molecule has 0 amide bonds. The Kier molecular flexibility index (Phi) is 5.10. The van der Waals surface area contributed by atoms with Crippen LogP contribution in [0.25, 0.3) is 0 Å². The second kappa shape index (κ2) is 4.97. The van der Waals surface area contributed by atoms with Gasteiger partial charge in [-0.25, -0.2) is 0 Å². The first-order valence-electron chi connectivity index (χ1n) is 4.10. The van der Waals surface area contributed by atoms with Gasteiger partial charge in [0.15, 0.2) is 0 Å². The molecule has 1 atom stereocenters. The Bertz CT molecular complexity index is 79.3. The lowest BCUT2D eigenvalue weighted by Crippen LogP contribution is -2.26. The van der Waals surface area contributed by atoms with Crippen molar-refractivity contribution >= 4 is 12.4 Å². The summed E-state index contributed by atoms with van der Waals surface area (Å²) >= 11 is 0. The van der Waals surface area contributed by atoms with Crippen molar-refractivity contribution in [3.63, 3.8) is 0 Å². The van der Waals surface area contributed by atoms with E-state index in [1.807, 2.05) is 0 Å². The van der Waals surface area contributed by atoms with Gasteiger partial charge in [0.1, 0.15) is 0 Å². The van der Waals surface area contributed by atoms with Gasteiger partial charge in [0.2, 0.25) is 0 Å². The monoisotopic (exact) mass is 163 g/mol. The van der Waals surface area contributed by atoms with Gasteiger partial charge < -0.3 is 5.73 Å². The Morgan fingerprint density at radius 1 is 1.40 bits per heavy atom. The molecule has 0 aliphatic heterocycles. The third kappa shape index (κ3) is 2.47. The lowest BCUT2D eigenvalue weighted by Gasteiger charge is -2.15. The summed E-state index contributed by atoms with van der Waals surface area (Å²) in [4.78, 5) is 0. The van der Waals surface area contributed by atoms with Gasteiger partial charge in [-0.1, -0.05) is 19.8 Å². The first-order valence-corrected chi connectivity index (χ1v) is 4.10. The molecular formula is C8H18ClN. The molecule has 1 aliphatic carbocycles. The Morgan fingerprint density at radius 2 is 1.90 bits per heavy atom. The van der Waals surface area contributed by atoms with Gasteiger partial charge in [-0.05, 0) is 25.2 Å². The number of hydrogen-bond donors (Lipinski definition) is 1. The Hall–Kier alpha value is 0.250. The van der Waals surface area contributed by atoms with Crippen molar-refractivity contribution in [1.82, 2.24) is 0 Å². The highest BCUT2D eigenvalue weighted by atomic mass is 35.5. The molecule has 1 unspecified atom stereocenters. The molecule has 0 saturated heterocycles. The molecular weight excluding hydrogens is 146 g/mol. The zero-order valence-electron chi connectivity index (χ0n) is 6.68. The second-order valence-corrected chi connectivity index (χ2v) is 3.12. The fourth-order valence-corrected chi connectivity index (χ4v) is 1.72. The van der Waals surface area contributed by atoms with Gasteiger partial charge in [0.05, 0.1) is 0 Å². The zero-order chi connectivity index (χ0) is 6.69. The molecule has 0 spiro atoms. The molecule has 0 aromatic rings. The predicted molar refractivity (Wildman–Crippen MR) is 47.5 cm³/mol. The van der Waals surface area contributed by atoms with E-state index in [0.29, 0.717) is 6.04 Å². The molecule has 0 aromatic carbocycles. The molecule has 2 N–H and O–H groups in total. The third-order valence-corrected chi connectivity index (χ3v) is 2.48. The van der Waals surface area contributed by atoms with Crippen LogP contribution in [-0.2, 0) is 0 Å². The van der Waals surface area contributed by atoms with Crippen molar-refractivity contribution in [2.75, 3.05) is 0 Å². The van der Waals surface area contributed by atoms with E-state index in [2.05, 4.69) is 6.92 Å². The highest BCUT2D eigenvalue weighted by molar-refractivity contribution is 5.85. The highest BCUT2D eigenvalue weighted by Gasteiger charge is 2.19. The van der Waals surface area contributed by atoms with Crippen LogP contribution < -0.4 is 5.73 Å². The lowest BCUT2D eigenvalue weighted by atomic mass is 9.97. The number of hydrogen-bond acceptors (Lipinski definition) is 1. The maximum Gasteiger partial charge on any atom is 0.00645 e. The maximum absolute atomic E-state index is 5.88. The zero-order valence-corrected chi connectivity index (χ0v) is 7.49. The first-order chi connectivity index (χ1) is 4.34. The fraction of sp³-hybridized carbons (Fsp3) is 1.00. The smallest absolute Gasteiger partial charge is 0.00645 e. The predicted octanol–water partition coefficient (Wildman–Crippen LogP) is 2.34. The standard InChI is InChI=1S/C8H17N.ClH/c1-2-8(9)7-5-3-4-6-7;/h7-8H,2-6,9H2,1H3;1H. The Morgan fingerprint density at radius 3 is 2.30 bits per heavy atom. The van der Waals surface area contributed by atoms with E-state index in [-0.39, 0.29) is 12.4 Å². The summed E-state index contributed by atoms with van der Waals surface area (Å²) in [5.74, 6) is 0.856. The van der Waals surface area contributed by atoms with Gasteiger partial charge >= 0.3 is 0 Å². The van der Waals surface area contributed by atoms with Crippen LogP contribution in [0.15, 0.2) is 0 Å². The van der Waals surface area contributed by atoms with Crippen molar-refractivity contribution in [3.05, 3.63) is 0 Å². The van der Waals surface area contributed by atoms with Gasteiger partial charge in [0.25, 0.3) is 0 Å². The lowest BCUT2D eigenvalue weighted by molar-refractivity contribution is 0.422. The SMILES string of the molecule is CCC(N)C1CCCC1.Cl. The second-order valence-electron chi connectivity index (χ2n) is 3.12. The van der Waals surface area contributed by atoms with Crippen molar-refractivity contribution < 1.29 is 0 Å². The van der Waals surface area contributed by atoms with Gasteiger partial charge in [0, 0.05) is 6.04 Å². The molecule has 1 nitrogen and oxygen atoms in total.